The average molecular weight is 553 g/mol. The van der Waals surface area contributed by atoms with E-state index in [1.54, 1.807) is 24.4 Å². The minimum absolute atomic E-state index is 0.196. The fraction of sp³-hybridized carbons (Fsp3) is 0.321. The molecule has 2 saturated carbocycles. The van der Waals surface area contributed by atoms with E-state index < -0.39 is 17.6 Å². The van der Waals surface area contributed by atoms with Crippen molar-refractivity contribution in [3.63, 3.8) is 0 Å². The van der Waals surface area contributed by atoms with Crippen LogP contribution >= 0.6 is 0 Å². The zero-order valence-electron chi connectivity index (χ0n) is 21.6. The third-order valence-corrected chi connectivity index (χ3v) is 7.35. The highest BCUT2D eigenvalue weighted by atomic mass is 19.4. The number of nitrogens with two attached hydrogens (primary N) is 1. The Kier molecular flexibility index (Phi) is 7.17. The normalized spacial score (nSPS) is 19.4. The maximum absolute atomic E-state index is 13.1. The number of rotatable bonds is 6. The van der Waals surface area contributed by atoms with Gasteiger partial charge in [0.2, 0.25) is 0 Å². The summed E-state index contributed by atoms with van der Waals surface area (Å²) in [4.78, 5) is 34.1. The monoisotopic (exact) mass is 552 g/mol. The van der Waals surface area contributed by atoms with E-state index in [4.69, 9.17) is 20.2 Å². The molecule has 0 spiro atoms. The van der Waals surface area contributed by atoms with Gasteiger partial charge < -0.3 is 20.6 Å². The molecule has 0 radical (unpaired) electrons. The largest absolute Gasteiger partial charge is 0.493 e. The Morgan fingerprint density at radius 3 is 2.58 bits per heavy atom. The molecule has 2 aliphatic carbocycles. The van der Waals surface area contributed by atoms with Gasteiger partial charge >= 0.3 is 6.18 Å². The maximum atomic E-state index is 13.1. The number of imidazole rings is 1. The van der Waals surface area contributed by atoms with Crippen LogP contribution in [-0.4, -0.2) is 38.7 Å². The second-order valence-electron chi connectivity index (χ2n) is 9.80. The van der Waals surface area contributed by atoms with E-state index in [2.05, 4.69) is 15.3 Å². The molecular weight excluding hydrogens is 525 g/mol. The molecule has 3 N–H and O–H groups in total. The lowest BCUT2D eigenvalue weighted by molar-refractivity contribution is -0.137. The van der Waals surface area contributed by atoms with Gasteiger partial charge in [0.1, 0.15) is 41.2 Å². The molecule has 4 aromatic rings. The molecule has 0 saturated heterocycles. The summed E-state index contributed by atoms with van der Waals surface area (Å²) in [5.41, 5.74) is 7.54. The van der Waals surface area contributed by atoms with E-state index in [0.717, 1.165) is 48.8 Å². The summed E-state index contributed by atoms with van der Waals surface area (Å²) >= 11 is 0. The zero-order valence-corrected chi connectivity index (χ0v) is 21.6. The molecule has 9 nitrogen and oxygen atoms in total. The number of nitrogen functional groups attached to an aromatic ring is 1. The minimum atomic E-state index is -4.55. The summed E-state index contributed by atoms with van der Waals surface area (Å²) in [7, 11) is 0. The van der Waals surface area contributed by atoms with Crippen LogP contribution < -0.4 is 15.8 Å². The quantitative estimate of drug-likeness (QED) is 0.329. The lowest BCUT2D eigenvalue weighted by Crippen LogP contribution is -2.14. The summed E-state index contributed by atoms with van der Waals surface area (Å²) in [6.45, 7) is 4.14. The molecule has 0 bridgehead atoms. The summed E-state index contributed by atoms with van der Waals surface area (Å²) < 4.78 is 47.1. The van der Waals surface area contributed by atoms with Gasteiger partial charge in [-0.25, -0.2) is 15.0 Å². The Labute approximate surface area is 227 Å². The summed E-state index contributed by atoms with van der Waals surface area (Å²) in [6.07, 6.45) is 3.48. The zero-order chi connectivity index (χ0) is 28.6. The third kappa shape index (κ3) is 5.08. The van der Waals surface area contributed by atoms with E-state index >= 15 is 0 Å². The molecular formula is C28H27F3N6O3. The van der Waals surface area contributed by atoms with Gasteiger partial charge in [0, 0.05) is 35.6 Å². The number of anilines is 2. The van der Waals surface area contributed by atoms with Gasteiger partial charge in [-0.05, 0) is 68.4 Å². The van der Waals surface area contributed by atoms with Crippen LogP contribution in [-0.2, 0) is 11.0 Å². The van der Waals surface area contributed by atoms with Crippen molar-refractivity contribution in [2.45, 2.75) is 38.3 Å². The summed E-state index contributed by atoms with van der Waals surface area (Å²) in [5.74, 6) is 2.75. The second kappa shape index (κ2) is 10.6. The van der Waals surface area contributed by atoms with Gasteiger partial charge in [0.25, 0.3) is 5.91 Å². The number of ether oxygens (including phenoxy) is 1. The molecule has 2 aliphatic rings. The van der Waals surface area contributed by atoms with Gasteiger partial charge in [-0.3, -0.25) is 9.20 Å². The molecule has 12 heteroatoms. The standard InChI is InChI=1S/C27H25F3N6O2.CH2O/c1-2-38-20-12-14(26(37)34-21-13-18(5-6-32-21)27(28,29)30)3-4-19(20)22-23-24(31)33-7-8-36(23)25(35-22)17-10-15-9-16(15)11-17;1-2/h3-8,12-13,15-17H,2,9-11H2,1H3,(H2,31,33)(H,32,34,37);1H2/t15-,16+,17?;. The van der Waals surface area contributed by atoms with Crippen LogP contribution in [0.25, 0.3) is 16.8 Å². The fourth-order valence-electron chi connectivity index (χ4n) is 5.49. The van der Waals surface area contributed by atoms with Crippen molar-refractivity contribution in [2.75, 3.05) is 17.7 Å². The minimum Gasteiger partial charge on any atom is -0.493 e. The molecule has 0 aliphatic heterocycles. The Bertz CT molecular complexity index is 1560. The molecule has 208 valence electrons. The number of hydrogen-bond donors (Lipinski definition) is 2. The average Bonchev–Trinajstić information content (AvgIpc) is 3.36. The molecule has 1 amide bonds. The van der Waals surface area contributed by atoms with Crippen molar-refractivity contribution >= 4 is 29.8 Å². The number of amides is 1. The Morgan fingerprint density at radius 2 is 1.88 bits per heavy atom. The van der Waals surface area contributed by atoms with E-state index in [0.29, 0.717) is 40.9 Å². The topological polar surface area (TPSA) is 124 Å². The lowest BCUT2D eigenvalue weighted by Gasteiger charge is -2.12. The highest BCUT2D eigenvalue weighted by Crippen LogP contribution is 2.57. The number of nitrogens with zero attached hydrogens (tertiary/aromatic N) is 4. The van der Waals surface area contributed by atoms with E-state index in [-0.39, 0.29) is 11.4 Å². The highest BCUT2D eigenvalue weighted by Gasteiger charge is 2.47. The van der Waals surface area contributed by atoms with E-state index in [1.165, 1.54) is 6.42 Å². The first kappa shape index (κ1) is 27.1. The van der Waals surface area contributed by atoms with Crippen molar-refractivity contribution in [1.29, 1.82) is 0 Å². The number of hydrogen-bond acceptors (Lipinski definition) is 7. The van der Waals surface area contributed by atoms with Crippen LogP contribution in [0.3, 0.4) is 0 Å². The maximum Gasteiger partial charge on any atom is 0.416 e. The first-order chi connectivity index (χ1) is 19.2. The van der Waals surface area contributed by atoms with Gasteiger partial charge in [0.05, 0.1) is 12.2 Å². The second-order valence-corrected chi connectivity index (χ2v) is 9.80. The van der Waals surface area contributed by atoms with Gasteiger partial charge in [-0.2, -0.15) is 13.2 Å². The molecule has 1 unspecified atom stereocenters. The number of benzene rings is 1. The highest BCUT2D eigenvalue weighted by molar-refractivity contribution is 6.04. The number of fused-ring (bicyclic) bond motifs is 2. The summed E-state index contributed by atoms with van der Waals surface area (Å²) in [5, 5.41) is 2.43. The number of pyridine rings is 1. The predicted molar refractivity (Wildman–Crippen MR) is 142 cm³/mol. The Morgan fingerprint density at radius 1 is 1.12 bits per heavy atom. The van der Waals surface area contributed by atoms with Crippen LogP contribution in [0, 0.1) is 11.8 Å². The van der Waals surface area contributed by atoms with Crippen LogP contribution in [0.4, 0.5) is 24.8 Å². The number of carbonyl (C=O) groups is 2. The summed E-state index contributed by atoms with van der Waals surface area (Å²) in [6, 6.07) is 6.46. The number of alkyl halides is 3. The Hall–Kier alpha value is -4.48. The van der Waals surface area contributed by atoms with Crippen molar-refractivity contribution in [3.05, 3.63) is 65.9 Å². The fourth-order valence-corrected chi connectivity index (χ4v) is 5.49. The van der Waals surface area contributed by atoms with Crippen molar-refractivity contribution < 1.29 is 27.5 Å². The molecule has 3 aromatic heterocycles. The van der Waals surface area contributed by atoms with E-state index in [1.807, 2.05) is 24.3 Å². The van der Waals surface area contributed by atoms with Crippen molar-refractivity contribution in [2.24, 2.45) is 11.8 Å². The number of halogens is 3. The number of aromatic nitrogens is 4. The third-order valence-electron chi connectivity index (χ3n) is 7.35. The molecule has 3 heterocycles. The van der Waals surface area contributed by atoms with Crippen LogP contribution in [0.15, 0.2) is 48.9 Å². The molecule has 40 heavy (non-hydrogen) atoms. The lowest BCUT2D eigenvalue weighted by atomic mass is 10.0. The van der Waals surface area contributed by atoms with Gasteiger partial charge in [-0.1, -0.05) is 0 Å². The number of nitrogens with one attached hydrogen (secondary N) is 1. The molecule has 3 atom stereocenters. The molecule has 2 fully saturated rings. The molecule has 6 rings (SSSR count). The van der Waals surface area contributed by atoms with E-state index in [9.17, 15) is 18.0 Å². The van der Waals surface area contributed by atoms with Crippen molar-refractivity contribution in [1.82, 2.24) is 19.4 Å². The molecule has 1 aromatic carbocycles. The van der Waals surface area contributed by atoms with Gasteiger partial charge in [-0.15, -0.1) is 0 Å². The smallest absolute Gasteiger partial charge is 0.416 e. The predicted octanol–water partition coefficient (Wildman–Crippen LogP) is 5.37. The number of carbonyl (C=O) groups excluding carboxylic acids is 2. The van der Waals surface area contributed by atoms with Gasteiger partial charge in [0.15, 0.2) is 0 Å². The first-order valence-corrected chi connectivity index (χ1v) is 12.8. The van der Waals surface area contributed by atoms with Crippen LogP contribution in [0.2, 0.25) is 0 Å². The van der Waals surface area contributed by atoms with Crippen molar-refractivity contribution in [3.8, 4) is 17.0 Å². The van der Waals surface area contributed by atoms with Crippen LogP contribution in [0.5, 0.6) is 5.75 Å². The SMILES string of the molecule is C=O.CCOc1cc(C(=O)Nc2cc(C(F)(F)F)ccn2)ccc1-c1nc(C2C[C@@H]3C[C@@H]3C2)n2ccnc(N)c12. The first-order valence-electron chi connectivity index (χ1n) is 12.8. The Balaban J connectivity index is 0.00000158. The van der Waals surface area contributed by atoms with Crippen LogP contribution in [0.1, 0.15) is 53.8 Å².